The molecule has 0 unspecified atom stereocenters. The highest BCUT2D eigenvalue weighted by Gasteiger charge is 2.16. The van der Waals surface area contributed by atoms with Gasteiger partial charge in [-0.05, 0) is 43.7 Å². The molecule has 1 N–H and O–H groups in total. The van der Waals surface area contributed by atoms with Gasteiger partial charge in [-0.1, -0.05) is 29.8 Å². The maximum atomic E-state index is 12.9. The van der Waals surface area contributed by atoms with Crippen molar-refractivity contribution in [3.63, 3.8) is 0 Å². The second kappa shape index (κ2) is 8.93. The van der Waals surface area contributed by atoms with Gasteiger partial charge in [0.05, 0.1) is 11.4 Å². The van der Waals surface area contributed by atoms with Crippen LogP contribution in [0.3, 0.4) is 0 Å². The number of nitrogens with one attached hydrogen (secondary N) is 1. The number of amides is 1. The van der Waals surface area contributed by atoms with Crippen molar-refractivity contribution in [1.29, 1.82) is 0 Å². The standard InChI is InChI=1S/C21H21FN2O3S/c1-14-4-3-5-17(10-14)21-24-19(15(2)27-21)12-28(26)13-20(25)23-11-16-6-8-18(22)9-7-16/h3-10H,11-13H2,1-2H3,(H,23,25)/t28-/m0/s1. The Labute approximate surface area is 165 Å². The van der Waals surface area contributed by atoms with E-state index in [4.69, 9.17) is 4.42 Å². The number of nitrogens with zero attached hydrogens (tertiary/aromatic N) is 1. The number of rotatable bonds is 7. The number of carbonyl (C=O) groups excluding carboxylic acids is 1. The summed E-state index contributed by atoms with van der Waals surface area (Å²) in [6.45, 7) is 4.02. The number of aryl methyl sites for hydroxylation is 2. The molecule has 7 heteroatoms. The van der Waals surface area contributed by atoms with Crippen LogP contribution >= 0.6 is 0 Å². The summed E-state index contributed by atoms with van der Waals surface area (Å²) in [7, 11) is -1.41. The van der Waals surface area contributed by atoms with Crippen molar-refractivity contribution < 1.29 is 17.8 Å². The van der Waals surface area contributed by atoms with Crippen molar-refractivity contribution in [2.24, 2.45) is 0 Å². The number of benzene rings is 2. The van der Waals surface area contributed by atoms with Crippen molar-refractivity contribution in [2.75, 3.05) is 5.75 Å². The summed E-state index contributed by atoms with van der Waals surface area (Å²) in [5.41, 5.74) is 3.31. The number of hydrogen-bond acceptors (Lipinski definition) is 4. The summed E-state index contributed by atoms with van der Waals surface area (Å²) in [5, 5.41) is 2.69. The van der Waals surface area contributed by atoms with Crippen molar-refractivity contribution in [1.82, 2.24) is 10.3 Å². The number of hydrogen-bond donors (Lipinski definition) is 1. The van der Waals surface area contributed by atoms with E-state index >= 15 is 0 Å². The van der Waals surface area contributed by atoms with E-state index in [1.165, 1.54) is 12.1 Å². The topological polar surface area (TPSA) is 72.2 Å². The minimum absolute atomic E-state index is 0.132. The van der Waals surface area contributed by atoms with Crippen molar-refractivity contribution in [3.05, 3.63) is 76.9 Å². The Bertz CT molecular complexity index is 999. The monoisotopic (exact) mass is 400 g/mol. The van der Waals surface area contributed by atoms with Gasteiger partial charge in [0, 0.05) is 22.9 Å². The average molecular weight is 400 g/mol. The Morgan fingerprint density at radius 2 is 1.93 bits per heavy atom. The van der Waals surface area contributed by atoms with Gasteiger partial charge in [0.15, 0.2) is 0 Å². The lowest BCUT2D eigenvalue weighted by Crippen LogP contribution is -2.28. The Morgan fingerprint density at radius 1 is 1.18 bits per heavy atom. The van der Waals surface area contributed by atoms with Gasteiger partial charge >= 0.3 is 0 Å². The zero-order chi connectivity index (χ0) is 20.1. The van der Waals surface area contributed by atoms with Crippen LogP contribution < -0.4 is 5.32 Å². The molecule has 0 aliphatic heterocycles. The molecule has 3 rings (SSSR count). The molecule has 0 aliphatic carbocycles. The van der Waals surface area contributed by atoms with Crippen LogP contribution in [0.2, 0.25) is 0 Å². The molecule has 28 heavy (non-hydrogen) atoms. The molecule has 3 aromatic rings. The minimum Gasteiger partial charge on any atom is -0.441 e. The highest BCUT2D eigenvalue weighted by atomic mass is 32.2. The summed E-state index contributed by atoms with van der Waals surface area (Å²) in [6, 6.07) is 13.6. The zero-order valence-corrected chi connectivity index (χ0v) is 16.5. The Morgan fingerprint density at radius 3 is 2.64 bits per heavy atom. The lowest BCUT2D eigenvalue weighted by Gasteiger charge is -2.05. The van der Waals surface area contributed by atoms with E-state index < -0.39 is 10.8 Å². The predicted molar refractivity (Wildman–Crippen MR) is 106 cm³/mol. The molecular weight excluding hydrogens is 379 g/mol. The van der Waals surface area contributed by atoms with Crippen molar-refractivity contribution >= 4 is 16.7 Å². The van der Waals surface area contributed by atoms with E-state index in [1.807, 2.05) is 31.2 Å². The third kappa shape index (κ3) is 5.36. The molecule has 0 radical (unpaired) electrons. The minimum atomic E-state index is -1.41. The van der Waals surface area contributed by atoms with E-state index in [2.05, 4.69) is 10.3 Å². The normalized spacial score (nSPS) is 12.0. The third-order valence-corrected chi connectivity index (χ3v) is 5.33. The molecule has 146 valence electrons. The molecule has 1 amide bonds. The molecule has 0 saturated carbocycles. The number of halogens is 1. The molecule has 0 spiro atoms. The van der Waals surface area contributed by atoms with Gasteiger partial charge in [0.25, 0.3) is 0 Å². The van der Waals surface area contributed by atoms with E-state index in [1.54, 1.807) is 19.1 Å². The first-order valence-electron chi connectivity index (χ1n) is 8.80. The third-order valence-electron chi connectivity index (χ3n) is 4.15. The SMILES string of the molecule is Cc1cccc(-c2nc(C[S@](=O)CC(=O)NCc3ccc(F)cc3)c(C)o2)c1. The van der Waals surface area contributed by atoms with Crippen LogP contribution in [0.25, 0.3) is 11.5 Å². The van der Waals surface area contributed by atoms with Crippen LogP contribution in [0.1, 0.15) is 22.6 Å². The summed E-state index contributed by atoms with van der Waals surface area (Å²) >= 11 is 0. The summed E-state index contributed by atoms with van der Waals surface area (Å²) in [4.78, 5) is 16.5. The van der Waals surface area contributed by atoms with Crippen LogP contribution in [0.15, 0.2) is 52.9 Å². The van der Waals surface area contributed by atoms with Gasteiger partial charge in [-0.3, -0.25) is 9.00 Å². The van der Waals surface area contributed by atoms with Gasteiger partial charge in [0.1, 0.15) is 17.3 Å². The van der Waals surface area contributed by atoms with Gasteiger partial charge in [-0.15, -0.1) is 0 Å². The molecule has 0 bridgehead atoms. The molecule has 0 fully saturated rings. The number of oxazole rings is 1. The van der Waals surface area contributed by atoms with E-state index in [-0.39, 0.29) is 29.8 Å². The maximum absolute atomic E-state index is 12.9. The highest BCUT2D eigenvalue weighted by Crippen LogP contribution is 2.23. The first kappa shape index (κ1) is 19.9. The average Bonchev–Trinajstić information content (AvgIpc) is 3.01. The van der Waals surface area contributed by atoms with Gasteiger partial charge < -0.3 is 9.73 Å². The van der Waals surface area contributed by atoms with E-state index in [0.29, 0.717) is 17.3 Å². The molecule has 2 aromatic carbocycles. The van der Waals surface area contributed by atoms with E-state index in [0.717, 1.165) is 16.7 Å². The Balaban J connectivity index is 1.55. The summed E-state index contributed by atoms with van der Waals surface area (Å²) in [6.07, 6.45) is 0. The molecule has 0 saturated heterocycles. The van der Waals surface area contributed by atoms with E-state index in [9.17, 15) is 13.4 Å². The summed E-state index contributed by atoms with van der Waals surface area (Å²) in [5.74, 6) is 0.427. The van der Waals surface area contributed by atoms with Crippen LogP contribution in [0, 0.1) is 19.7 Å². The first-order chi connectivity index (χ1) is 13.4. The fourth-order valence-electron chi connectivity index (χ4n) is 2.67. The number of aromatic nitrogens is 1. The smallest absolute Gasteiger partial charge is 0.232 e. The predicted octanol–water partition coefficient (Wildman–Crippen LogP) is 3.66. The van der Waals surface area contributed by atoms with Gasteiger partial charge in [-0.2, -0.15) is 0 Å². The lowest BCUT2D eigenvalue weighted by molar-refractivity contribution is -0.118. The first-order valence-corrected chi connectivity index (χ1v) is 10.3. The lowest BCUT2D eigenvalue weighted by atomic mass is 10.1. The molecule has 1 heterocycles. The fourth-order valence-corrected chi connectivity index (χ4v) is 3.74. The van der Waals surface area contributed by atoms with Crippen molar-refractivity contribution in [2.45, 2.75) is 26.1 Å². The largest absolute Gasteiger partial charge is 0.441 e. The molecule has 5 nitrogen and oxygen atoms in total. The number of carbonyl (C=O) groups is 1. The highest BCUT2D eigenvalue weighted by molar-refractivity contribution is 7.84. The van der Waals surface area contributed by atoms with Crippen molar-refractivity contribution in [3.8, 4) is 11.5 Å². The molecular formula is C21H21FN2O3S. The van der Waals surface area contributed by atoms with Crippen LogP contribution in [0.4, 0.5) is 4.39 Å². The van der Waals surface area contributed by atoms with Crippen LogP contribution in [0.5, 0.6) is 0 Å². The quantitative estimate of drug-likeness (QED) is 0.657. The fraction of sp³-hybridized carbons (Fsp3) is 0.238. The second-order valence-corrected chi connectivity index (χ2v) is 7.98. The molecule has 1 aromatic heterocycles. The zero-order valence-electron chi connectivity index (χ0n) is 15.7. The second-order valence-electron chi connectivity index (χ2n) is 6.52. The molecule has 1 atom stereocenters. The molecule has 0 aliphatic rings. The van der Waals surface area contributed by atoms with Gasteiger partial charge in [-0.25, -0.2) is 9.37 Å². The maximum Gasteiger partial charge on any atom is 0.232 e. The van der Waals surface area contributed by atoms with Crippen LogP contribution in [-0.2, 0) is 27.9 Å². The Kier molecular flexibility index (Phi) is 6.36. The van der Waals surface area contributed by atoms with Gasteiger partial charge in [0.2, 0.25) is 11.8 Å². The Hall–Kier alpha value is -2.80. The van der Waals surface area contributed by atoms with Crippen LogP contribution in [-0.4, -0.2) is 20.9 Å². The summed E-state index contributed by atoms with van der Waals surface area (Å²) < 4.78 is 30.9.